The van der Waals surface area contributed by atoms with Gasteiger partial charge >= 0.3 is 0 Å². The summed E-state index contributed by atoms with van der Waals surface area (Å²) in [5.74, 6) is 0.273. The number of Topliss-reactive ketones (excluding diaryl/α,β-unsaturated/α-hetero) is 1. The maximum absolute atomic E-state index is 10.5. The van der Waals surface area contributed by atoms with E-state index in [1.54, 1.807) is 0 Å². The predicted octanol–water partition coefficient (Wildman–Crippen LogP) is 0.453. The molecule has 0 amide bonds. The van der Waals surface area contributed by atoms with E-state index in [1.807, 2.05) is 14.0 Å². The summed E-state index contributed by atoms with van der Waals surface area (Å²) in [6.45, 7) is 1.84. The van der Waals surface area contributed by atoms with Gasteiger partial charge in [0.15, 0.2) is 5.78 Å². The second kappa shape index (κ2) is 1.62. The predicted molar refractivity (Wildman–Crippen MR) is 31.4 cm³/mol. The lowest BCUT2D eigenvalue weighted by Crippen LogP contribution is -2.24. The van der Waals surface area contributed by atoms with Crippen molar-refractivity contribution >= 4 is 5.78 Å². The summed E-state index contributed by atoms with van der Waals surface area (Å²) in [7, 11) is 1.84. The van der Waals surface area contributed by atoms with Crippen molar-refractivity contribution in [1.82, 2.24) is 5.32 Å². The Morgan fingerprint density at radius 2 is 2.25 bits per heavy atom. The summed E-state index contributed by atoms with van der Waals surface area (Å²) < 4.78 is 0. The molecule has 1 aliphatic carbocycles. The van der Waals surface area contributed by atoms with E-state index >= 15 is 0 Å². The molecular weight excluding hydrogens is 102 g/mol. The number of ketones is 1. The summed E-state index contributed by atoms with van der Waals surface area (Å²) in [6, 6.07) is 0. The molecule has 0 atom stereocenters. The van der Waals surface area contributed by atoms with E-state index in [4.69, 9.17) is 0 Å². The van der Waals surface area contributed by atoms with Crippen LogP contribution in [0.3, 0.4) is 0 Å². The van der Waals surface area contributed by atoms with Gasteiger partial charge in [-0.2, -0.15) is 0 Å². The molecule has 1 rings (SSSR count). The molecule has 0 unspecified atom stereocenters. The number of allylic oxidation sites excluding steroid dienone is 2. The van der Waals surface area contributed by atoms with E-state index in [-0.39, 0.29) is 5.78 Å². The van der Waals surface area contributed by atoms with Gasteiger partial charge in [-0.15, -0.1) is 0 Å². The second-order valence-corrected chi connectivity index (χ2v) is 1.95. The first-order valence-corrected chi connectivity index (χ1v) is 2.66. The van der Waals surface area contributed by atoms with Crippen LogP contribution in [0, 0.1) is 0 Å². The quantitative estimate of drug-likeness (QED) is 0.532. The molecule has 0 radical (unpaired) electrons. The third kappa shape index (κ3) is 0.529. The van der Waals surface area contributed by atoms with Crippen LogP contribution < -0.4 is 5.32 Å². The van der Waals surface area contributed by atoms with E-state index in [0.717, 1.165) is 11.3 Å². The van der Waals surface area contributed by atoms with Crippen molar-refractivity contribution in [2.75, 3.05) is 7.05 Å². The summed E-state index contributed by atoms with van der Waals surface area (Å²) in [4.78, 5) is 10.5. The largest absolute Gasteiger partial charge is 0.391 e. The second-order valence-electron chi connectivity index (χ2n) is 1.95. The molecule has 0 heterocycles. The van der Waals surface area contributed by atoms with Gasteiger partial charge in [-0.05, 0) is 6.92 Å². The van der Waals surface area contributed by atoms with Crippen LogP contribution >= 0.6 is 0 Å². The average molecular weight is 111 g/mol. The molecule has 1 aliphatic rings. The Balaban J connectivity index is 2.72. The van der Waals surface area contributed by atoms with Gasteiger partial charge in [0.25, 0.3) is 0 Å². The molecule has 44 valence electrons. The Bertz CT molecular complexity index is 158. The molecule has 2 heteroatoms. The Labute approximate surface area is 48.6 Å². The summed E-state index contributed by atoms with van der Waals surface area (Å²) in [6.07, 6.45) is 0.613. The van der Waals surface area contributed by atoms with Gasteiger partial charge in [0.05, 0.1) is 6.42 Å². The van der Waals surface area contributed by atoms with E-state index in [2.05, 4.69) is 5.32 Å². The molecule has 0 aromatic carbocycles. The SMILES string of the molecule is CNC1=C(C)C(=O)C1. The fourth-order valence-electron chi connectivity index (χ4n) is 0.763. The molecule has 0 spiro atoms. The van der Waals surface area contributed by atoms with Crippen molar-refractivity contribution in [1.29, 1.82) is 0 Å². The van der Waals surface area contributed by atoms with Crippen molar-refractivity contribution < 1.29 is 4.79 Å². The minimum atomic E-state index is 0.273. The molecule has 8 heavy (non-hydrogen) atoms. The van der Waals surface area contributed by atoms with Crippen LogP contribution in [-0.2, 0) is 4.79 Å². The van der Waals surface area contributed by atoms with Crippen LogP contribution in [0.4, 0.5) is 0 Å². The lowest BCUT2D eigenvalue weighted by Gasteiger charge is -2.17. The molecule has 0 saturated carbocycles. The van der Waals surface area contributed by atoms with Crippen molar-refractivity contribution in [2.45, 2.75) is 13.3 Å². The molecule has 0 aliphatic heterocycles. The topological polar surface area (TPSA) is 29.1 Å². The number of carbonyl (C=O) groups excluding carboxylic acids is 1. The van der Waals surface area contributed by atoms with Crippen molar-refractivity contribution in [3.63, 3.8) is 0 Å². The van der Waals surface area contributed by atoms with Gasteiger partial charge < -0.3 is 5.32 Å². The van der Waals surface area contributed by atoms with Crippen LogP contribution in [0.2, 0.25) is 0 Å². The fourth-order valence-corrected chi connectivity index (χ4v) is 0.763. The molecule has 0 aromatic heterocycles. The van der Waals surface area contributed by atoms with Gasteiger partial charge in [-0.1, -0.05) is 0 Å². The van der Waals surface area contributed by atoms with Crippen LogP contribution in [0.25, 0.3) is 0 Å². The highest BCUT2D eigenvalue weighted by Crippen LogP contribution is 2.19. The molecule has 0 saturated heterocycles. The fraction of sp³-hybridized carbons (Fsp3) is 0.500. The third-order valence-corrected chi connectivity index (χ3v) is 1.51. The maximum Gasteiger partial charge on any atom is 0.166 e. The third-order valence-electron chi connectivity index (χ3n) is 1.51. The molecule has 0 aromatic rings. The lowest BCUT2D eigenvalue weighted by molar-refractivity contribution is -0.116. The lowest BCUT2D eigenvalue weighted by atomic mass is 9.94. The van der Waals surface area contributed by atoms with E-state index in [0.29, 0.717) is 6.42 Å². The van der Waals surface area contributed by atoms with Crippen molar-refractivity contribution in [3.8, 4) is 0 Å². The Morgan fingerprint density at radius 1 is 1.62 bits per heavy atom. The Morgan fingerprint density at radius 3 is 2.38 bits per heavy atom. The first-order valence-electron chi connectivity index (χ1n) is 2.66. The van der Waals surface area contributed by atoms with Crippen LogP contribution in [0.5, 0.6) is 0 Å². The zero-order valence-electron chi connectivity index (χ0n) is 5.12. The standard InChI is InChI=1S/C6H9NO/c1-4-5(7-2)3-6(4)8/h7H,3H2,1-2H3. The molecule has 1 N–H and O–H groups in total. The highest BCUT2D eigenvalue weighted by Gasteiger charge is 2.20. The van der Waals surface area contributed by atoms with Crippen LogP contribution in [0.1, 0.15) is 13.3 Å². The normalized spacial score (nSPS) is 18.5. The minimum Gasteiger partial charge on any atom is -0.391 e. The average Bonchev–Trinajstić information content (AvgIpc) is 1.81. The summed E-state index contributed by atoms with van der Waals surface area (Å²) in [5, 5.41) is 2.94. The zero-order chi connectivity index (χ0) is 6.15. The minimum absolute atomic E-state index is 0.273. The Kier molecular flexibility index (Phi) is 1.08. The summed E-state index contributed by atoms with van der Waals surface area (Å²) in [5.41, 5.74) is 1.99. The van der Waals surface area contributed by atoms with Crippen molar-refractivity contribution in [2.24, 2.45) is 0 Å². The number of carbonyl (C=O) groups is 1. The number of hydrogen-bond donors (Lipinski definition) is 1. The number of nitrogens with one attached hydrogen (secondary N) is 1. The maximum atomic E-state index is 10.5. The van der Waals surface area contributed by atoms with Gasteiger partial charge in [0.1, 0.15) is 0 Å². The van der Waals surface area contributed by atoms with E-state index in [9.17, 15) is 4.79 Å². The highest BCUT2D eigenvalue weighted by atomic mass is 16.1. The van der Waals surface area contributed by atoms with Gasteiger partial charge in [-0.3, -0.25) is 4.79 Å². The first kappa shape index (κ1) is 5.35. The van der Waals surface area contributed by atoms with Crippen LogP contribution in [-0.4, -0.2) is 12.8 Å². The molecule has 0 fully saturated rings. The molecular formula is C6H9NO. The van der Waals surface area contributed by atoms with E-state index < -0.39 is 0 Å². The zero-order valence-corrected chi connectivity index (χ0v) is 5.12. The Hall–Kier alpha value is -0.790. The monoisotopic (exact) mass is 111 g/mol. The van der Waals surface area contributed by atoms with Gasteiger partial charge in [0, 0.05) is 18.3 Å². The van der Waals surface area contributed by atoms with Crippen LogP contribution in [0.15, 0.2) is 11.3 Å². The number of hydrogen-bond acceptors (Lipinski definition) is 2. The first-order chi connectivity index (χ1) is 3.75. The smallest absolute Gasteiger partial charge is 0.166 e. The molecule has 0 bridgehead atoms. The summed E-state index contributed by atoms with van der Waals surface area (Å²) >= 11 is 0. The molecule has 2 nitrogen and oxygen atoms in total. The van der Waals surface area contributed by atoms with Crippen molar-refractivity contribution in [3.05, 3.63) is 11.3 Å². The highest BCUT2D eigenvalue weighted by molar-refractivity contribution is 6.03. The van der Waals surface area contributed by atoms with Gasteiger partial charge in [-0.25, -0.2) is 0 Å². The van der Waals surface area contributed by atoms with Gasteiger partial charge in [0.2, 0.25) is 0 Å². The van der Waals surface area contributed by atoms with E-state index in [1.165, 1.54) is 0 Å². The number of rotatable bonds is 1.